The Hall–Kier alpha value is -2.84. The highest BCUT2D eigenvalue weighted by Crippen LogP contribution is 2.19. The molecular formula is C18H21F3IN7O2. The van der Waals surface area contributed by atoms with Gasteiger partial charge < -0.3 is 20.4 Å². The van der Waals surface area contributed by atoms with Crippen LogP contribution >= 0.6 is 24.0 Å². The number of rotatable bonds is 4. The lowest BCUT2D eigenvalue weighted by Gasteiger charge is -2.35. The molecule has 9 nitrogen and oxygen atoms in total. The van der Waals surface area contributed by atoms with Crippen molar-refractivity contribution in [3.63, 3.8) is 0 Å². The third-order valence-electron chi connectivity index (χ3n) is 4.45. The number of hydrogen-bond donors (Lipinski definition) is 2. The largest absolute Gasteiger partial charge is 0.347 e. The fourth-order valence-corrected chi connectivity index (χ4v) is 2.98. The second kappa shape index (κ2) is 10.5. The number of carbonyl (C=O) groups excluding carboxylic acids is 2. The first-order valence-electron chi connectivity index (χ1n) is 8.98. The van der Waals surface area contributed by atoms with Crippen LogP contribution < -0.4 is 15.5 Å². The Bertz CT molecular complexity index is 999. The highest BCUT2D eigenvalue weighted by molar-refractivity contribution is 14.0. The number of nitrogens with zero attached hydrogens (tertiary/aromatic N) is 5. The molecule has 0 radical (unpaired) electrons. The molecule has 1 aliphatic rings. The maximum atomic E-state index is 13.7. The van der Waals surface area contributed by atoms with Crippen molar-refractivity contribution in [1.29, 1.82) is 0 Å². The van der Waals surface area contributed by atoms with Crippen LogP contribution in [0.2, 0.25) is 0 Å². The van der Waals surface area contributed by atoms with Gasteiger partial charge in [-0.15, -0.1) is 24.0 Å². The number of piperazine rings is 1. The Kier molecular flexibility index (Phi) is 8.24. The van der Waals surface area contributed by atoms with Crippen molar-refractivity contribution in [1.82, 2.24) is 20.0 Å². The summed E-state index contributed by atoms with van der Waals surface area (Å²) in [7, 11) is 3.25. The van der Waals surface area contributed by atoms with Crippen molar-refractivity contribution in [2.75, 3.05) is 43.4 Å². The predicted molar refractivity (Wildman–Crippen MR) is 119 cm³/mol. The average Bonchev–Trinajstić information content (AvgIpc) is 3.15. The number of aryl methyl sites for hydroxylation is 1. The van der Waals surface area contributed by atoms with Crippen molar-refractivity contribution in [3.05, 3.63) is 42.0 Å². The summed E-state index contributed by atoms with van der Waals surface area (Å²) < 4.78 is 41.5. The molecule has 1 aliphatic heterocycles. The normalized spacial score (nSPS) is 14.4. The molecule has 13 heteroatoms. The van der Waals surface area contributed by atoms with Crippen LogP contribution in [0, 0.1) is 17.5 Å². The molecular weight excluding hydrogens is 530 g/mol. The van der Waals surface area contributed by atoms with Gasteiger partial charge >= 0.3 is 0 Å². The van der Waals surface area contributed by atoms with E-state index in [-0.39, 0.29) is 43.0 Å². The minimum atomic E-state index is -1.67. The lowest BCUT2D eigenvalue weighted by Crippen LogP contribution is -2.56. The molecule has 0 aliphatic carbocycles. The Labute approximate surface area is 193 Å². The smallest absolute Gasteiger partial charge is 0.246 e. The summed E-state index contributed by atoms with van der Waals surface area (Å²) >= 11 is 0. The zero-order chi connectivity index (χ0) is 21.8. The topological polar surface area (TPSA) is 94.9 Å². The van der Waals surface area contributed by atoms with Crippen LogP contribution in [-0.2, 0) is 16.6 Å². The number of nitrogens with one attached hydrogen (secondary N) is 2. The Morgan fingerprint density at radius 1 is 1.23 bits per heavy atom. The monoisotopic (exact) mass is 551 g/mol. The number of anilines is 2. The lowest BCUT2D eigenvalue weighted by molar-refractivity contribution is -0.120. The Morgan fingerprint density at radius 2 is 1.97 bits per heavy atom. The van der Waals surface area contributed by atoms with E-state index in [0.29, 0.717) is 30.8 Å². The molecule has 1 aromatic carbocycles. The number of benzene rings is 1. The number of carbonyl (C=O) groups is 2. The van der Waals surface area contributed by atoms with Crippen molar-refractivity contribution in [2.24, 2.45) is 12.0 Å². The molecule has 0 atom stereocenters. The maximum Gasteiger partial charge on any atom is 0.246 e. The molecule has 0 saturated carbocycles. The van der Waals surface area contributed by atoms with Crippen molar-refractivity contribution in [3.8, 4) is 0 Å². The molecule has 168 valence electrons. The number of amides is 2. The zero-order valence-electron chi connectivity index (χ0n) is 16.7. The second-order valence-corrected chi connectivity index (χ2v) is 6.51. The summed E-state index contributed by atoms with van der Waals surface area (Å²) in [5.41, 5.74) is 0.217. The minimum Gasteiger partial charge on any atom is -0.347 e. The number of guanidine groups is 1. The van der Waals surface area contributed by atoms with Crippen LogP contribution in [0.1, 0.15) is 0 Å². The lowest BCUT2D eigenvalue weighted by atomic mass is 10.2. The third kappa shape index (κ3) is 5.65. The van der Waals surface area contributed by atoms with E-state index in [0.717, 1.165) is 6.07 Å². The highest BCUT2D eigenvalue weighted by Gasteiger charge is 2.28. The summed E-state index contributed by atoms with van der Waals surface area (Å²) in [6, 6.07) is 1.64. The highest BCUT2D eigenvalue weighted by atomic mass is 127. The van der Waals surface area contributed by atoms with Gasteiger partial charge in [-0.3, -0.25) is 19.3 Å². The molecule has 3 rings (SSSR count). The van der Waals surface area contributed by atoms with Crippen LogP contribution in [-0.4, -0.2) is 65.7 Å². The van der Waals surface area contributed by atoms with Gasteiger partial charge in [0.1, 0.15) is 6.54 Å². The summed E-state index contributed by atoms with van der Waals surface area (Å²) in [6.45, 7) is 0.577. The molecule has 2 amide bonds. The summed E-state index contributed by atoms with van der Waals surface area (Å²) in [4.78, 5) is 31.9. The van der Waals surface area contributed by atoms with Gasteiger partial charge in [0.25, 0.3) is 0 Å². The minimum absolute atomic E-state index is 0. The average molecular weight is 551 g/mol. The van der Waals surface area contributed by atoms with Crippen molar-refractivity contribution in [2.45, 2.75) is 0 Å². The quantitative estimate of drug-likeness (QED) is 0.259. The summed E-state index contributed by atoms with van der Waals surface area (Å²) in [5, 5.41) is 8.98. The van der Waals surface area contributed by atoms with Crippen molar-refractivity contribution >= 4 is 53.1 Å². The first-order chi connectivity index (χ1) is 14.3. The van der Waals surface area contributed by atoms with E-state index in [1.54, 1.807) is 33.9 Å². The fraction of sp³-hybridized carbons (Fsp3) is 0.333. The van der Waals surface area contributed by atoms with Crippen LogP contribution in [0.4, 0.5) is 24.5 Å². The van der Waals surface area contributed by atoms with E-state index in [4.69, 9.17) is 0 Å². The fourth-order valence-electron chi connectivity index (χ4n) is 2.98. The van der Waals surface area contributed by atoms with Crippen molar-refractivity contribution < 1.29 is 22.8 Å². The van der Waals surface area contributed by atoms with Crippen LogP contribution in [0.3, 0.4) is 0 Å². The van der Waals surface area contributed by atoms with E-state index < -0.39 is 29.0 Å². The Morgan fingerprint density at radius 3 is 2.58 bits per heavy atom. The number of aromatic nitrogens is 2. The predicted octanol–water partition coefficient (Wildman–Crippen LogP) is 1.32. The zero-order valence-corrected chi connectivity index (χ0v) is 19.1. The van der Waals surface area contributed by atoms with Gasteiger partial charge in [-0.25, -0.2) is 13.2 Å². The van der Waals surface area contributed by atoms with Gasteiger partial charge in [0.2, 0.25) is 11.8 Å². The molecule has 1 fully saturated rings. The molecule has 2 N–H and O–H groups in total. The maximum absolute atomic E-state index is 13.7. The number of hydrogen-bond acceptors (Lipinski definition) is 4. The van der Waals surface area contributed by atoms with Gasteiger partial charge in [-0.1, -0.05) is 0 Å². The summed E-state index contributed by atoms with van der Waals surface area (Å²) in [6.07, 6.45) is 3.34. The molecule has 0 bridgehead atoms. The molecule has 2 aromatic rings. The van der Waals surface area contributed by atoms with Gasteiger partial charge in [-0.05, 0) is 12.1 Å². The number of halogens is 4. The van der Waals surface area contributed by atoms with E-state index in [2.05, 4.69) is 20.7 Å². The Balaban J connectivity index is 0.00000341. The number of aliphatic imine (C=N–C) groups is 1. The molecule has 2 heterocycles. The SMILES string of the molecule is CN=C(NCC(=O)Nc1ccc(F)c(F)c1F)N1CCN(c2cnn(C)c2)C(=O)C1.I. The summed E-state index contributed by atoms with van der Waals surface area (Å²) in [5.74, 6) is -5.05. The van der Waals surface area contributed by atoms with Gasteiger partial charge in [0.15, 0.2) is 23.4 Å². The first-order valence-corrected chi connectivity index (χ1v) is 8.98. The molecule has 31 heavy (non-hydrogen) atoms. The van der Waals surface area contributed by atoms with Crippen LogP contribution in [0.25, 0.3) is 0 Å². The van der Waals surface area contributed by atoms with Gasteiger partial charge in [-0.2, -0.15) is 5.10 Å². The van der Waals surface area contributed by atoms with Crippen LogP contribution in [0.5, 0.6) is 0 Å². The van der Waals surface area contributed by atoms with E-state index >= 15 is 0 Å². The van der Waals surface area contributed by atoms with E-state index in [1.165, 1.54) is 7.05 Å². The van der Waals surface area contributed by atoms with E-state index in [9.17, 15) is 22.8 Å². The molecule has 0 unspecified atom stereocenters. The van der Waals surface area contributed by atoms with Crippen LogP contribution in [0.15, 0.2) is 29.5 Å². The third-order valence-corrected chi connectivity index (χ3v) is 4.45. The van der Waals surface area contributed by atoms with E-state index in [1.807, 2.05) is 0 Å². The van der Waals surface area contributed by atoms with Gasteiger partial charge in [0.05, 0.1) is 24.1 Å². The first kappa shape index (κ1) is 24.4. The van der Waals surface area contributed by atoms with Gasteiger partial charge in [0, 0.05) is 33.4 Å². The molecule has 1 saturated heterocycles. The second-order valence-electron chi connectivity index (χ2n) is 6.51. The molecule has 1 aromatic heterocycles. The molecule has 0 spiro atoms. The standard InChI is InChI=1S/C18H20F3N7O2.HI/c1-22-18(23-8-14(29)25-13-4-3-12(19)16(20)17(13)21)27-5-6-28(15(30)10-27)11-7-24-26(2)9-11;/h3-4,7,9H,5-6,8,10H2,1-2H3,(H,22,23)(H,25,29);1H.